The number of aryl methyl sites for hydroxylation is 3. The molecule has 2 aromatic heterocycles. The van der Waals surface area contributed by atoms with Crippen molar-refractivity contribution in [3.8, 4) is 0 Å². The molecule has 2 heterocycles. The van der Waals surface area contributed by atoms with E-state index >= 15 is 0 Å². The predicted molar refractivity (Wildman–Crippen MR) is 71.1 cm³/mol. The van der Waals surface area contributed by atoms with Crippen LogP contribution in [-0.2, 0) is 13.1 Å². The van der Waals surface area contributed by atoms with E-state index < -0.39 is 0 Å². The van der Waals surface area contributed by atoms with Gasteiger partial charge >= 0.3 is 0 Å². The zero-order valence-corrected chi connectivity index (χ0v) is 11.3. The van der Waals surface area contributed by atoms with Crippen molar-refractivity contribution in [1.29, 1.82) is 0 Å². The van der Waals surface area contributed by atoms with E-state index in [4.69, 9.17) is 0 Å². The van der Waals surface area contributed by atoms with Crippen molar-refractivity contribution in [1.82, 2.24) is 15.3 Å². The Bertz CT molecular complexity index is 505. The Labute approximate surface area is 106 Å². The molecule has 0 aliphatic carbocycles. The molecule has 0 saturated carbocycles. The number of hydrogen-bond acceptors (Lipinski definition) is 4. The Morgan fingerprint density at radius 1 is 1.24 bits per heavy atom. The lowest BCUT2D eigenvalue weighted by Gasteiger charge is -2.05. The van der Waals surface area contributed by atoms with Gasteiger partial charge < -0.3 is 5.32 Å². The second-order valence-electron chi connectivity index (χ2n) is 4.11. The van der Waals surface area contributed by atoms with E-state index in [1.54, 1.807) is 11.3 Å². The Kier molecular flexibility index (Phi) is 3.86. The van der Waals surface area contributed by atoms with Gasteiger partial charge in [0.25, 0.3) is 0 Å². The highest BCUT2D eigenvalue weighted by molar-refractivity contribution is 7.11. The summed E-state index contributed by atoms with van der Waals surface area (Å²) in [4.78, 5) is 10.1. The van der Waals surface area contributed by atoms with Crippen LogP contribution in [0.5, 0.6) is 0 Å². The van der Waals surface area contributed by atoms with E-state index in [2.05, 4.69) is 35.2 Å². The molecule has 0 unspecified atom stereocenters. The summed E-state index contributed by atoms with van der Waals surface area (Å²) in [5, 5.41) is 4.55. The smallest absolute Gasteiger partial charge is 0.0900 e. The number of hydrogen-bond donors (Lipinski definition) is 1. The average Bonchev–Trinajstić information content (AvgIpc) is 2.60. The number of thiazole rings is 1. The third kappa shape index (κ3) is 3.11. The number of nitrogens with zero attached hydrogens (tertiary/aromatic N) is 2. The highest BCUT2D eigenvalue weighted by Gasteiger charge is 2.04. The maximum atomic E-state index is 4.42. The monoisotopic (exact) mass is 247 g/mol. The maximum absolute atomic E-state index is 4.42. The number of rotatable bonds is 4. The van der Waals surface area contributed by atoms with Gasteiger partial charge in [0.1, 0.15) is 0 Å². The molecule has 17 heavy (non-hydrogen) atoms. The SMILES string of the molecule is Cc1nc(C)c(CNCc2ncccc2C)s1. The number of nitrogens with one attached hydrogen (secondary N) is 1. The fraction of sp³-hybridized carbons (Fsp3) is 0.385. The molecule has 0 aliphatic rings. The fourth-order valence-corrected chi connectivity index (χ4v) is 2.64. The van der Waals surface area contributed by atoms with E-state index in [0.29, 0.717) is 0 Å². The molecule has 2 aromatic rings. The summed E-state index contributed by atoms with van der Waals surface area (Å²) in [6, 6.07) is 4.06. The largest absolute Gasteiger partial charge is 0.306 e. The summed E-state index contributed by atoms with van der Waals surface area (Å²) in [7, 11) is 0. The highest BCUT2D eigenvalue weighted by atomic mass is 32.1. The number of pyridine rings is 1. The summed E-state index contributed by atoms with van der Waals surface area (Å²) >= 11 is 1.76. The topological polar surface area (TPSA) is 37.8 Å². The van der Waals surface area contributed by atoms with Crippen molar-refractivity contribution >= 4 is 11.3 Å². The first kappa shape index (κ1) is 12.2. The van der Waals surface area contributed by atoms with Crippen LogP contribution in [-0.4, -0.2) is 9.97 Å². The van der Waals surface area contributed by atoms with Gasteiger partial charge in [0.2, 0.25) is 0 Å². The lowest BCUT2D eigenvalue weighted by Crippen LogP contribution is -2.14. The van der Waals surface area contributed by atoms with Crippen LogP contribution in [0, 0.1) is 20.8 Å². The van der Waals surface area contributed by atoms with Gasteiger partial charge in [-0.2, -0.15) is 0 Å². The molecule has 0 atom stereocenters. The van der Waals surface area contributed by atoms with Crippen molar-refractivity contribution in [3.63, 3.8) is 0 Å². The van der Waals surface area contributed by atoms with E-state index in [0.717, 1.165) is 29.5 Å². The molecule has 4 heteroatoms. The van der Waals surface area contributed by atoms with Crippen molar-refractivity contribution in [3.05, 3.63) is 45.2 Å². The first-order valence-electron chi connectivity index (χ1n) is 5.71. The molecule has 3 nitrogen and oxygen atoms in total. The van der Waals surface area contributed by atoms with Gasteiger partial charge in [0.05, 0.1) is 16.4 Å². The van der Waals surface area contributed by atoms with Gasteiger partial charge in [-0.1, -0.05) is 6.07 Å². The van der Waals surface area contributed by atoms with E-state index in [1.165, 1.54) is 10.4 Å². The molecule has 0 fully saturated rings. The molecule has 0 aromatic carbocycles. The normalized spacial score (nSPS) is 10.8. The van der Waals surface area contributed by atoms with Crippen LogP contribution in [0.15, 0.2) is 18.3 Å². The predicted octanol–water partition coefficient (Wildman–Crippen LogP) is 2.75. The zero-order valence-electron chi connectivity index (χ0n) is 10.4. The molecule has 0 bridgehead atoms. The second kappa shape index (κ2) is 5.38. The van der Waals surface area contributed by atoms with Crippen LogP contribution in [0.4, 0.5) is 0 Å². The Hall–Kier alpha value is -1.26. The third-order valence-electron chi connectivity index (χ3n) is 2.70. The van der Waals surface area contributed by atoms with Crippen LogP contribution in [0.2, 0.25) is 0 Å². The fourth-order valence-electron chi connectivity index (χ4n) is 1.74. The van der Waals surface area contributed by atoms with E-state index in [9.17, 15) is 0 Å². The molecule has 0 spiro atoms. The Balaban J connectivity index is 1.92. The summed E-state index contributed by atoms with van der Waals surface area (Å²) in [5.74, 6) is 0. The minimum Gasteiger partial charge on any atom is -0.306 e. The van der Waals surface area contributed by atoms with Gasteiger partial charge in [-0.3, -0.25) is 4.98 Å². The molecule has 0 amide bonds. The Morgan fingerprint density at radius 2 is 2.06 bits per heavy atom. The van der Waals surface area contributed by atoms with Crippen molar-refractivity contribution in [2.45, 2.75) is 33.9 Å². The van der Waals surface area contributed by atoms with Gasteiger partial charge in [-0.25, -0.2) is 4.98 Å². The van der Waals surface area contributed by atoms with Crippen LogP contribution in [0.3, 0.4) is 0 Å². The molecule has 2 rings (SSSR count). The molecular formula is C13H17N3S. The lowest BCUT2D eigenvalue weighted by atomic mass is 10.2. The highest BCUT2D eigenvalue weighted by Crippen LogP contribution is 2.16. The van der Waals surface area contributed by atoms with Crippen molar-refractivity contribution < 1.29 is 0 Å². The minimum atomic E-state index is 0.809. The van der Waals surface area contributed by atoms with Crippen molar-refractivity contribution in [2.75, 3.05) is 0 Å². The summed E-state index contributed by atoms with van der Waals surface area (Å²) in [5.41, 5.74) is 3.49. The minimum absolute atomic E-state index is 0.809. The van der Waals surface area contributed by atoms with Gasteiger partial charge in [0.15, 0.2) is 0 Å². The first-order chi connectivity index (χ1) is 8.16. The van der Waals surface area contributed by atoms with Gasteiger partial charge in [0, 0.05) is 24.2 Å². The summed E-state index contributed by atoms with van der Waals surface area (Å²) < 4.78 is 0. The number of aromatic nitrogens is 2. The zero-order chi connectivity index (χ0) is 12.3. The summed E-state index contributed by atoms with van der Waals surface area (Å²) in [6.45, 7) is 7.87. The second-order valence-corrected chi connectivity index (χ2v) is 5.40. The van der Waals surface area contributed by atoms with Crippen LogP contribution in [0.25, 0.3) is 0 Å². The van der Waals surface area contributed by atoms with Gasteiger partial charge in [-0.15, -0.1) is 11.3 Å². The van der Waals surface area contributed by atoms with Crippen LogP contribution in [0.1, 0.15) is 26.8 Å². The lowest BCUT2D eigenvalue weighted by molar-refractivity contribution is 0.679. The first-order valence-corrected chi connectivity index (χ1v) is 6.52. The third-order valence-corrected chi connectivity index (χ3v) is 3.77. The summed E-state index contributed by atoms with van der Waals surface area (Å²) in [6.07, 6.45) is 1.84. The quantitative estimate of drug-likeness (QED) is 0.902. The molecule has 0 aliphatic heterocycles. The molecule has 0 radical (unpaired) electrons. The molecular weight excluding hydrogens is 230 g/mol. The Morgan fingerprint density at radius 3 is 2.71 bits per heavy atom. The molecule has 90 valence electrons. The molecule has 1 N–H and O–H groups in total. The molecule has 0 saturated heterocycles. The standard InChI is InChI=1S/C13H17N3S/c1-9-5-4-6-15-12(9)7-14-8-13-10(2)16-11(3)17-13/h4-6,14H,7-8H2,1-3H3. The van der Waals surface area contributed by atoms with E-state index in [-0.39, 0.29) is 0 Å². The van der Waals surface area contributed by atoms with Crippen molar-refractivity contribution in [2.24, 2.45) is 0 Å². The average molecular weight is 247 g/mol. The van der Waals surface area contributed by atoms with Gasteiger partial charge in [-0.05, 0) is 32.4 Å². The maximum Gasteiger partial charge on any atom is 0.0900 e. The van der Waals surface area contributed by atoms with E-state index in [1.807, 2.05) is 19.2 Å². The van der Waals surface area contributed by atoms with Crippen LogP contribution >= 0.6 is 11.3 Å². The van der Waals surface area contributed by atoms with Crippen LogP contribution < -0.4 is 5.32 Å².